The first-order chi connectivity index (χ1) is 17.8. The number of rotatable bonds is 2. The molecule has 0 saturated carbocycles. The minimum atomic E-state index is 0.910. The van der Waals surface area contributed by atoms with Crippen LogP contribution in [-0.4, -0.2) is 9.38 Å². The van der Waals surface area contributed by atoms with E-state index in [1.807, 2.05) is 36.5 Å². The zero-order valence-electron chi connectivity index (χ0n) is 19.3. The van der Waals surface area contributed by atoms with Crippen LogP contribution in [0, 0.1) is 0 Å². The van der Waals surface area contributed by atoms with Gasteiger partial charge in [-0.2, -0.15) is 0 Å². The number of fused-ring (bicyclic) bond motifs is 4. The fourth-order valence-electron chi connectivity index (χ4n) is 5.64. The molecule has 3 heterocycles. The highest BCUT2D eigenvalue weighted by atomic mass is 16.5. The fourth-order valence-corrected chi connectivity index (χ4v) is 5.64. The summed E-state index contributed by atoms with van der Waals surface area (Å²) in [6.45, 7) is 0. The van der Waals surface area contributed by atoms with E-state index < -0.39 is 0 Å². The van der Waals surface area contributed by atoms with E-state index in [9.17, 15) is 0 Å². The van der Waals surface area contributed by atoms with E-state index in [-0.39, 0.29) is 0 Å². The van der Waals surface area contributed by atoms with Crippen molar-refractivity contribution in [3.8, 4) is 45.0 Å². The second kappa shape index (κ2) is 7.30. The van der Waals surface area contributed by atoms with Gasteiger partial charge in [-0.1, -0.05) is 84.9 Å². The van der Waals surface area contributed by atoms with Gasteiger partial charge in [0.1, 0.15) is 17.1 Å². The molecule has 0 aliphatic carbocycles. The summed E-state index contributed by atoms with van der Waals surface area (Å²) in [4.78, 5) is 4.90. The van der Waals surface area contributed by atoms with Crippen molar-refractivity contribution in [2.45, 2.75) is 0 Å². The van der Waals surface area contributed by atoms with Gasteiger partial charge in [-0.3, -0.25) is 0 Å². The summed E-state index contributed by atoms with van der Waals surface area (Å²) < 4.78 is 8.39. The Morgan fingerprint density at radius 2 is 1.19 bits per heavy atom. The highest BCUT2D eigenvalue weighted by Crippen LogP contribution is 2.49. The van der Waals surface area contributed by atoms with Crippen molar-refractivity contribution in [2.75, 3.05) is 0 Å². The van der Waals surface area contributed by atoms with Crippen LogP contribution < -0.4 is 4.74 Å². The quantitative estimate of drug-likeness (QED) is 0.258. The zero-order valence-corrected chi connectivity index (χ0v) is 19.3. The molecule has 8 rings (SSSR count). The number of imidazole rings is 1. The van der Waals surface area contributed by atoms with Gasteiger partial charge in [-0.25, -0.2) is 4.98 Å². The first-order valence-corrected chi connectivity index (χ1v) is 12.1. The average Bonchev–Trinajstić information content (AvgIpc) is 3.37. The molecule has 3 heteroatoms. The van der Waals surface area contributed by atoms with Crippen molar-refractivity contribution in [1.82, 2.24) is 9.38 Å². The van der Waals surface area contributed by atoms with Crippen LogP contribution >= 0.6 is 0 Å². The number of pyridine rings is 1. The molecule has 0 radical (unpaired) electrons. The van der Waals surface area contributed by atoms with Gasteiger partial charge in [0.2, 0.25) is 0 Å². The maximum absolute atomic E-state index is 6.32. The Morgan fingerprint density at radius 3 is 2.11 bits per heavy atom. The average molecular weight is 461 g/mol. The molecule has 5 aromatic carbocycles. The van der Waals surface area contributed by atoms with Gasteiger partial charge in [-0.05, 0) is 57.1 Å². The lowest BCUT2D eigenvalue weighted by atomic mass is 9.88. The Balaban J connectivity index is 1.38. The monoisotopic (exact) mass is 460 g/mol. The van der Waals surface area contributed by atoms with Crippen molar-refractivity contribution in [1.29, 1.82) is 0 Å². The number of nitrogens with zero attached hydrogens (tertiary/aromatic N) is 2. The molecule has 0 spiro atoms. The summed E-state index contributed by atoms with van der Waals surface area (Å²) in [5, 5.41) is 4.78. The molecule has 0 bridgehead atoms. The SMILES string of the molecule is c1ccc2c(c1)Oc1ccc(-c3ccc(-c4cn5ccccc5n4)c4ccccc34)c3cccc-2c13. The van der Waals surface area contributed by atoms with E-state index in [0.29, 0.717) is 0 Å². The third-order valence-corrected chi connectivity index (χ3v) is 7.25. The topological polar surface area (TPSA) is 26.5 Å². The second-order valence-corrected chi connectivity index (χ2v) is 9.24. The van der Waals surface area contributed by atoms with Crippen LogP contribution in [-0.2, 0) is 0 Å². The summed E-state index contributed by atoms with van der Waals surface area (Å²) in [6.07, 6.45) is 4.14. The molecule has 36 heavy (non-hydrogen) atoms. The van der Waals surface area contributed by atoms with Crippen LogP contribution in [0.25, 0.3) is 60.7 Å². The molecule has 7 aromatic rings. The van der Waals surface area contributed by atoms with Gasteiger partial charge in [0, 0.05) is 28.9 Å². The van der Waals surface area contributed by atoms with Gasteiger partial charge in [0.15, 0.2) is 0 Å². The number of aromatic nitrogens is 2. The zero-order chi connectivity index (χ0) is 23.6. The second-order valence-electron chi connectivity index (χ2n) is 9.24. The Hall–Kier alpha value is -4.89. The smallest absolute Gasteiger partial charge is 0.137 e. The summed E-state index contributed by atoms with van der Waals surface area (Å²) in [5.41, 5.74) is 7.84. The summed E-state index contributed by atoms with van der Waals surface area (Å²) in [7, 11) is 0. The lowest BCUT2D eigenvalue weighted by molar-refractivity contribution is 0.487. The minimum Gasteiger partial charge on any atom is -0.456 e. The highest BCUT2D eigenvalue weighted by Gasteiger charge is 2.22. The molecule has 1 aliphatic heterocycles. The number of hydrogen-bond acceptors (Lipinski definition) is 2. The van der Waals surface area contributed by atoms with E-state index in [4.69, 9.17) is 9.72 Å². The van der Waals surface area contributed by atoms with Crippen molar-refractivity contribution in [3.05, 3.63) is 122 Å². The number of hydrogen-bond donors (Lipinski definition) is 0. The first-order valence-electron chi connectivity index (χ1n) is 12.1. The van der Waals surface area contributed by atoms with Gasteiger partial charge in [-0.15, -0.1) is 0 Å². The molecule has 168 valence electrons. The minimum absolute atomic E-state index is 0.910. The van der Waals surface area contributed by atoms with Gasteiger partial charge >= 0.3 is 0 Å². The maximum Gasteiger partial charge on any atom is 0.137 e. The van der Waals surface area contributed by atoms with Gasteiger partial charge in [0.25, 0.3) is 0 Å². The molecule has 3 nitrogen and oxygen atoms in total. The highest BCUT2D eigenvalue weighted by molar-refractivity contribution is 6.14. The Bertz CT molecular complexity index is 1950. The molecule has 0 atom stereocenters. The summed E-state index contributed by atoms with van der Waals surface area (Å²) in [6, 6.07) is 38.3. The molecule has 1 aliphatic rings. The van der Waals surface area contributed by atoms with Crippen molar-refractivity contribution in [3.63, 3.8) is 0 Å². The summed E-state index contributed by atoms with van der Waals surface area (Å²) >= 11 is 0. The third kappa shape index (κ3) is 2.71. The Morgan fingerprint density at radius 1 is 0.500 bits per heavy atom. The van der Waals surface area contributed by atoms with Crippen molar-refractivity contribution < 1.29 is 4.74 Å². The predicted molar refractivity (Wildman–Crippen MR) is 147 cm³/mol. The van der Waals surface area contributed by atoms with Crippen LogP contribution in [0.3, 0.4) is 0 Å². The fraction of sp³-hybridized carbons (Fsp3) is 0. The molecular weight excluding hydrogens is 440 g/mol. The standard InChI is InChI=1S/C33H20N2O/c1-2-9-22-21(8-1)23(15-16-25(22)29-20-35-19-6-5-14-32(35)34-29)24-17-18-31-33-27(24)11-7-12-28(33)26-10-3-4-13-30(26)36-31/h1-20H. The third-order valence-electron chi connectivity index (χ3n) is 7.25. The van der Waals surface area contributed by atoms with Gasteiger partial charge in [0.05, 0.1) is 5.69 Å². The number of benzene rings is 5. The van der Waals surface area contributed by atoms with E-state index in [1.54, 1.807) is 0 Å². The Labute approximate surface area is 207 Å². The van der Waals surface area contributed by atoms with Gasteiger partial charge < -0.3 is 9.14 Å². The van der Waals surface area contributed by atoms with E-state index in [2.05, 4.69) is 89.5 Å². The molecule has 0 amide bonds. The number of para-hydroxylation sites is 1. The van der Waals surface area contributed by atoms with Crippen LogP contribution in [0.1, 0.15) is 0 Å². The van der Waals surface area contributed by atoms with E-state index >= 15 is 0 Å². The normalized spacial score (nSPS) is 12.1. The lowest BCUT2D eigenvalue weighted by Gasteiger charge is -2.23. The van der Waals surface area contributed by atoms with Crippen LogP contribution in [0.2, 0.25) is 0 Å². The van der Waals surface area contributed by atoms with Crippen molar-refractivity contribution >= 4 is 27.2 Å². The largest absolute Gasteiger partial charge is 0.456 e. The molecular formula is C33H20N2O. The van der Waals surface area contributed by atoms with Crippen molar-refractivity contribution in [2.24, 2.45) is 0 Å². The van der Waals surface area contributed by atoms with E-state index in [1.165, 1.54) is 38.2 Å². The van der Waals surface area contributed by atoms with E-state index in [0.717, 1.165) is 34.0 Å². The first kappa shape index (κ1) is 19.4. The number of ether oxygens (including phenoxy) is 1. The lowest BCUT2D eigenvalue weighted by Crippen LogP contribution is -1.97. The molecule has 2 aromatic heterocycles. The molecule has 0 N–H and O–H groups in total. The van der Waals surface area contributed by atoms with Crippen LogP contribution in [0.15, 0.2) is 122 Å². The van der Waals surface area contributed by atoms with Crippen LogP contribution in [0.4, 0.5) is 0 Å². The Kier molecular flexibility index (Phi) is 3.94. The molecule has 0 saturated heterocycles. The predicted octanol–water partition coefficient (Wildman–Crippen LogP) is 8.75. The molecule has 0 unspecified atom stereocenters. The molecule has 0 fully saturated rings. The van der Waals surface area contributed by atoms with Crippen LogP contribution in [0.5, 0.6) is 11.5 Å². The summed E-state index contributed by atoms with van der Waals surface area (Å²) in [5.74, 6) is 1.82. The maximum atomic E-state index is 6.32.